The normalized spacial score (nSPS) is 11.8. The van der Waals surface area contributed by atoms with Crippen LogP contribution in [0, 0.1) is 0 Å². The van der Waals surface area contributed by atoms with Crippen molar-refractivity contribution in [2.24, 2.45) is 0 Å². The predicted octanol–water partition coefficient (Wildman–Crippen LogP) is 1.77. The number of ether oxygens (including phenoxy) is 2. The number of methoxy groups -OCH3 is 1. The second kappa shape index (κ2) is 7.40. The zero-order valence-corrected chi connectivity index (χ0v) is 13.4. The summed E-state index contributed by atoms with van der Waals surface area (Å²) in [6, 6.07) is 1.81. The summed E-state index contributed by atoms with van der Waals surface area (Å²) in [5, 5.41) is 3.17. The Labute approximate surface area is 121 Å². The lowest BCUT2D eigenvalue weighted by Crippen LogP contribution is -2.43. The van der Waals surface area contributed by atoms with Crippen LogP contribution in [0.25, 0.3) is 0 Å². The first kappa shape index (κ1) is 16.7. The minimum Gasteiger partial charge on any atom is -0.476 e. The molecule has 0 spiro atoms. The van der Waals surface area contributed by atoms with E-state index in [1.54, 1.807) is 7.11 Å². The molecule has 0 aliphatic heterocycles. The monoisotopic (exact) mass is 282 g/mol. The Hall–Kier alpha value is -1.40. The zero-order chi connectivity index (χ0) is 15.2. The molecule has 20 heavy (non-hydrogen) atoms. The van der Waals surface area contributed by atoms with E-state index in [1.165, 1.54) is 0 Å². The third kappa shape index (κ3) is 4.94. The highest BCUT2D eigenvalue weighted by Gasteiger charge is 2.21. The van der Waals surface area contributed by atoms with E-state index in [9.17, 15) is 0 Å². The lowest BCUT2D eigenvalue weighted by Gasteiger charge is -2.31. The highest BCUT2D eigenvalue weighted by molar-refractivity contribution is 5.38. The van der Waals surface area contributed by atoms with Gasteiger partial charge in [0.25, 0.3) is 0 Å². The van der Waals surface area contributed by atoms with Crippen LogP contribution in [0.2, 0.25) is 0 Å². The molecule has 0 radical (unpaired) electrons. The fraction of sp³-hybridized carbons (Fsp3) is 0.714. The van der Waals surface area contributed by atoms with Crippen molar-refractivity contribution in [3.8, 4) is 5.88 Å². The van der Waals surface area contributed by atoms with Gasteiger partial charge in [0.1, 0.15) is 19.0 Å². The number of hydrogen-bond donors (Lipinski definition) is 1. The molecule has 6 nitrogen and oxygen atoms in total. The standard InChI is InChI=1S/C14H26N4O2/c1-7-15-11-8-13(17-12(16-11)9-19-6)20-10-14(2,3)18(4)5/h8H,7,9-10H2,1-6H3,(H,15,16,17). The van der Waals surface area contributed by atoms with Gasteiger partial charge in [0.15, 0.2) is 5.82 Å². The summed E-state index contributed by atoms with van der Waals surface area (Å²) in [5.41, 5.74) is -0.0648. The highest BCUT2D eigenvalue weighted by atomic mass is 16.5. The SMILES string of the molecule is CCNc1cc(OCC(C)(C)N(C)C)nc(COC)n1. The predicted molar refractivity (Wildman–Crippen MR) is 80.2 cm³/mol. The lowest BCUT2D eigenvalue weighted by molar-refractivity contribution is 0.110. The number of nitrogens with one attached hydrogen (secondary N) is 1. The quantitative estimate of drug-likeness (QED) is 0.784. The minimum atomic E-state index is -0.0648. The average molecular weight is 282 g/mol. The van der Waals surface area contributed by atoms with Crippen molar-refractivity contribution >= 4 is 5.82 Å². The van der Waals surface area contributed by atoms with Crippen LogP contribution in [-0.2, 0) is 11.3 Å². The molecule has 0 bridgehead atoms. The van der Waals surface area contributed by atoms with E-state index in [1.807, 2.05) is 27.1 Å². The molecule has 0 unspecified atom stereocenters. The average Bonchev–Trinajstić information content (AvgIpc) is 2.37. The van der Waals surface area contributed by atoms with Crippen LogP contribution in [0.4, 0.5) is 5.82 Å². The summed E-state index contributed by atoms with van der Waals surface area (Å²) in [5.74, 6) is 1.94. The van der Waals surface area contributed by atoms with E-state index in [-0.39, 0.29) is 5.54 Å². The highest BCUT2D eigenvalue weighted by Crippen LogP contribution is 2.17. The van der Waals surface area contributed by atoms with Gasteiger partial charge in [-0.05, 0) is 34.9 Å². The van der Waals surface area contributed by atoms with Crippen molar-refractivity contribution < 1.29 is 9.47 Å². The number of hydrogen-bond acceptors (Lipinski definition) is 6. The Morgan fingerprint density at radius 1 is 1.30 bits per heavy atom. The number of anilines is 1. The van der Waals surface area contributed by atoms with Crippen LogP contribution < -0.4 is 10.1 Å². The first-order valence-electron chi connectivity index (χ1n) is 6.80. The molecule has 0 aliphatic carbocycles. The first-order valence-corrected chi connectivity index (χ1v) is 6.80. The van der Waals surface area contributed by atoms with Crippen molar-refractivity contribution in [1.29, 1.82) is 0 Å². The summed E-state index contributed by atoms with van der Waals surface area (Å²) >= 11 is 0. The van der Waals surface area contributed by atoms with Crippen LogP contribution in [0.5, 0.6) is 5.88 Å². The van der Waals surface area contributed by atoms with Crippen LogP contribution >= 0.6 is 0 Å². The first-order chi connectivity index (χ1) is 9.39. The van der Waals surface area contributed by atoms with Gasteiger partial charge >= 0.3 is 0 Å². The molecule has 1 aromatic rings. The summed E-state index contributed by atoms with van der Waals surface area (Å²) in [6.45, 7) is 7.98. The van der Waals surface area contributed by atoms with E-state index in [0.717, 1.165) is 12.4 Å². The molecule has 0 aromatic carbocycles. The fourth-order valence-corrected chi connectivity index (χ4v) is 1.39. The van der Waals surface area contributed by atoms with Gasteiger partial charge in [-0.2, -0.15) is 4.98 Å². The van der Waals surface area contributed by atoms with Gasteiger partial charge in [0.05, 0.1) is 0 Å². The van der Waals surface area contributed by atoms with E-state index in [2.05, 4.69) is 34.0 Å². The fourth-order valence-electron chi connectivity index (χ4n) is 1.39. The van der Waals surface area contributed by atoms with Crippen molar-refractivity contribution in [3.63, 3.8) is 0 Å². The van der Waals surface area contributed by atoms with E-state index < -0.39 is 0 Å². The van der Waals surface area contributed by atoms with Crippen LogP contribution in [0.3, 0.4) is 0 Å². The summed E-state index contributed by atoms with van der Waals surface area (Å²) in [7, 11) is 5.69. The molecule has 0 saturated heterocycles. The van der Waals surface area contributed by atoms with Crippen molar-refractivity contribution in [2.45, 2.75) is 32.9 Å². The molecule has 0 aliphatic rings. The Morgan fingerprint density at radius 2 is 2.00 bits per heavy atom. The van der Waals surface area contributed by atoms with E-state index >= 15 is 0 Å². The number of aromatic nitrogens is 2. The van der Waals surface area contributed by atoms with Crippen molar-refractivity contribution in [2.75, 3.05) is 39.7 Å². The van der Waals surface area contributed by atoms with E-state index in [4.69, 9.17) is 9.47 Å². The van der Waals surface area contributed by atoms with Gasteiger partial charge in [-0.3, -0.25) is 0 Å². The number of likely N-dealkylation sites (N-methyl/N-ethyl adjacent to an activating group) is 1. The maximum Gasteiger partial charge on any atom is 0.218 e. The lowest BCUT2D eigenvalue weighted by atomic mass is 10.1. The summed E-state index contributed by atoms with van der Waals surface area (Å²) < 4.78 is 10.9. The second-order valence-electron chi connectivity index (χ2n) is 5.47. The van der Waals surface area contributed by atoms with Gasteiger partial charge in [-0.1, -0.05) is 0 Å². The minimum absolute atomic E-state index is 0.0648. The number of nitrogens with zero attached hydrogens (tertiary/aromatic N) is 3. The second-order valence-corrected chi connectivity index (χ2v) is 5.47. The summed E-state index contributed by atoms with van der Waals surface area (Å²) in [6.07, 6.45) is 0. The van der Waals surface area contributed by atoms with Crippen molar-refractivity contribution in [1.82, 2.24) is 14.9 Å². The van der Waals surface area contributed by atoms with Crippen LogP contribution in [0.1, 0.15) is 26.6 Å². The summed E-state index contributed by atoms with van der Waals surface area (Å²) in [4.78, 5) is 10.8. The third-order valence-electron chi connectivity index (χ3n) is 3.16. The molecule has 1 N–H and O–H groups in total. The molecule has 1 aromatic heterocycles. The van der Waals surface area contributed by atoms with Crippen molar-refractivity contribution in [3.05, 3.63) is 11.9 Å². The molecule has 0 amide bonds. The topological polar surface area (TPSA) is 59.5 Å². The molecule has 0 saturated carbocycles. The molecule has 1 heterocycles. The Morgan fingerprint density at radius 3 is 2.55 bits per heavy atom. The Balaban J connectivity index is 2.82. The van der Waals surface area contributed by atoms with E-state index in [0.29, 0.717) is 24.9 Å². The molecule has 114 valence electrons. The van der Waals surface area contributed by atoms with Crippen LogP contribution in [0.15, 0.2) is 6.07 Å². The van der Waals surface area contributed by atoms with Gasteiger partial charge in [-0.15, -0.1) is 0 Å². The molecule has 0 atom stereocenters. The largest absolute Gasteiger partial charge is 0.476 e. The van der Waals surface area contributed by atoms with Gasteiger partial charge in [-0.25, -0.2) is 4.98 Å². The Kier molecular flexibility index (Phi) is 6.16. The molecule has 6 heteroatoms. The zero-order valence-electron chi connectivity index (χ0n) is 13.4. The molecular formula is C14H26N4O2. The van der Waals surface area contributed by atoms with Crippen LogP contribution in [-0.4, -0.2) is 54.8 Å². The Bertz CT molecular complexity index is 397. The van der Waals surface area contributed by atoms with Gasteiger partial charge < -0.3 is 19.7 Å². The van der Waals surface area contributed by atoms with Gasteiger partial charge in [0.2, 0.25) is 5.88 Å². The third-order valence-corrected chi connectivity index (χ3v) is 3.16. The molecule has 1 rings (SSSR count). The van der Waals surface area contributed by atoms with Gasteiger partial charge in [0, 0.05) is 25.3 Å². The maximum absolute atomic E-state index is 5.82. The smallest absolute Gasteiger partial charge is 0.218 e. The molecule has 0 fully saturated rings. The molecular weight excluding hydrogens is 256 g/mol. The number of rotatable bonds is 8. The maximum atomic E-state index is 5.82.